The Labute approximate surface area is 171 Å². The van der Waals surface area contributed by atoms with E-state index in [0.717, 1.165) is 21.9 Å². The fourth-order valence-corrected chi connectivity index (χ4v) is 3.20. The molecule has 0 aliphatic carbocycles. The lowest BCUT2D eigenvalue weighted by Gasteiger charge is -2.12. The van der Waals surface area contributed by atoms with Gasteiger partial charge in [-0.25, -0.2) is 9.36 Å². The van der Waals surface area contributed by atoms with Crippen LogP contribution in [0.3, 0.4) is 0 Å². The average molecular weight is 408 g/mol. The SMILES string of the molecule is Cc1ccc(-n2c(O)c(C=Nc3ccc([N+](=O)[O-])c(C)c3C)c(=O)[nH]c2=O)c(C)c1. The van der Waals surface area contributed by atoms with E-state index in [2.05, 4.69) is 9.98 Å². The predicted octanol–water partition coefficient (Wildman–Crippen LogP) is 3.12. The zero-order valence-electron chi connectivity index (χ0n) is 16.9. The van der Waals surface area contributed by atoms with E-state index in [1.54, 1.807) is 32.9 Å². The van der Waals surface area contributed by atoms with Crippen LogP contribution in [-0.2, 0) is 0 Å². The van der Waals surface area contributed by atoms with Crippen molar-refractivity contribution in [2.24, 2.45) is 4.99 Å². The van der Waals surface area contributed by atoms with Gasteiger partial charge in [0.1, 0.15) is 5.56 Å². The van der Waals surface area contributed by atoms with E-state index < -0.39 is 22.1 Å². The fourth-order valence-electron chi connectivity index (χ4n) is 3.20. The largest absolute Gasteiger partial charge is 0.493 e. The minimum Gasteiger partial charge on any atom is -0.493 e. The number of H-pyrrole nitrogens is 1. The minimum absolute atomic E-state index is 0.0319. The third-order valence-electron chi connectivity index (χ3n) is 4.97. The highest BCUT2D eigenvalue weighted by atomic mass is 16.6. The Morgan fingerprint density at radius 2 is 1.80 bits per heavy atom. The summed E-state index contributed by atoms with van der Waals surface area (Å²) in [6.07, 6.45) is 1.14. The van der Waals surface area contributed by atoms with E-state index >= 15 is 0 Å². The summed E-state index contributed by atoms with van der Waals surface area (Å²) in [6.45, 7) is 6.97. The number of aromatic hydroxyl groups is 1. The normalized spacial score (nSPS) is 11.2. The quantitative estimate of drug-likeness (QED) is 0.389. The number of aliphatic imine (C=N–C) groups is 1. The summed E-state index contributed by atoms with van der Waals surface area (Å²) in [5.41, 5.74) is 1.77. The molecule has 1 heterocycles. The third kappa shape index (κ3) is 3.64. The van der Waals surface area contributed by atoms with Crippen LogP contribution in [0.15, 0.2) is 44.9 Å². The molecule has 0 saturated carbocycles. The predicted molar refractivity (Wildman–Crippen MR) is 114 cm³/mol. The van der Waals surface area contributed by atoms with Crippen LogP contribution in [0.5, 0.6) is 5.88 Å². The van der Waals surface area contributed by atoms with Crippen LogP contribution in [0, 0.1) is 37.8 Å². The molecule has 0 radical (unpaired) electrons. The number of nitrogens with one attached hydrogen (secondary N) is 1. The van der Waals surface area contributed by atoms with Gasteiger partial charge in [-0.2, -0.15) is 0 Å². The van der Waals surface area contributed by atoms with Crippen molar-refractivity contribution < 1.29 is 10.0 Å². The smallest absolute Gasteiger partial charge is 0.335 e. The van der Waals surface area contributed by atoms with Gasteiger partial charge >= 0.3 is 5.69 Å². The number of hydrogen-bond donors (Lipinski definition) is 2. The Hall–Kier alpha value is -4.01. The number of rotatable bonds is 4. The zero-order chi connectivity index (χ0) is 22.2. The molecule has 3 aromatic rings. The van der Waals surface area contributed by atoms with Gasteiger partial charge in [-0.1, -0.05) is 17.7 Å². The van der Waals surface area contributed by atoms with E-state index in [-0.39, 0.29) is 11.3 Å². The number of nitro benzene ring substituents is 1. The first kappa shape index (κ1) is 20.7. The van der Waals surface area contributed by atoms with Crippen molar-refractivity contribution in [3.05, 3.63) is 89.1 Å². The maximum Gasteiger partial charge on any atom is 0.335 e. The number of aromatic nitrogens is 2. The van der Waals surface area contributed by atoms with E-state index in [0.29, 0.717) is 22.5 Å². The number of hydrogen-bond acceptors (Lipinski definition) is 6. The molecule has 0 spiro atoms. The van der Waals surface area contributed by atoms with Crippen molar-refractivity contribution >= 4 is 17.6 Å². The van der Waals surface area contributed by atoms with E-state index in [1.165, 1.54) is 12.1 Å². The Balaban J connectivity index is 2.15. The summed E-state index contributed by atoms with van der Waals surface area (Å²) in [6, 6.07) is 8.10. The molecular weight excluding hydrogens is 388 g/mol. The van der Waals surface area contributed by atoms with Crippen LogP contribution < -0.4 is 11.2 Å². The Kier molecular flexibility index (Phi) is 5.37. The highest BCUT2D eigenvalue weighted by molar-refractivity contribution is 5.85. The maximum atomic E-state index is 12.4. The molecule has 0 atom stereocenters. The van der Waals surface area contributed by atoms with Crippen molar-refractivity contribution in [1.29, 1.82) is 0 Å². The summed E-state index contributed by atoms with van der Waals surface area (Å²) < 4.78 is 1.01. The van der Waals surface area contributed by atoms with Crippen molar-refractivity contribution in [3.8, 4) is 11.6 Å². The first-order chi connectivity index (χ1) is 14.1. The zero-order valence-corrected chi connectivity index (χ0v) is 16.9. The molecule has 0 saturated heterocycles. The lowest BCUT2D eigenvalue weighted by molar-refractivity contribution is -0.385. The highest BCUT2D eigenvalue weighted by Gasteiger charge is 2.17. The second kappa shape index (κ2) is 7.78. The van der Waals surface area contributed by atoms with Gasteiger partial charge in [0.2, 0.25) is 5.88 Å². The molecule has 0 aliphatic rings. The van der Waals surface area contributed by atoms with Crippen molar-refractivity contribution in [2.75, 3.05) is 0 Å². The maximum absolute atomic E-state index is 12.4. The monoisotopic (exact) mass is 408 g/mol. The third-order valence-corrected chi connectivity index (χ3v) is 4.97. The lowest BCUT2D eigenvalue weighted by atomic mass is 10.1. The van der Waals surface area contributed by atoms with Gasteiger partial charge in [0.05, 0.1) is 16.3 Å². The lowest BCUT2D eigenvalue weighted by Crippen LogP contribution is -2.31. The molecule has 0 bridgehead atoms. The van der Waals surface area contributed by atoms with Gasteiger partial charge in [-0.15, -0.1) is 0 Å². The Morgan fingerprint density at radius 3 is 2.43 bits per heavy atom. The highest BCUT2D eigenvalue weighted by Crippen LogP contribution is 2.29. The number of nitrogens with zero attached hydrogens (tertiary/aromatic N) is 3. The van der Waals surface area contributed by atoms with E-state index in [9.17, 15) is 24.8 Å². The van der Waals surface area contributed by atoms with Gasteiger partial charge in [-0.05, 0) is 51.0 Å². The number of aromatic amines is 1. The van der Waals surface area contributed by atoms with E-state index in [4.69, 9.17) is 0 Å². The van der Waals surface area contributed by atoms with Crippen molar-refractivity contribution in [3.63, 3.8) is 0 Å². The van der Waals surface area contributed by atoms with Gasteiger partial charge in [0, 0.05) is 17.8 Å². The molecule has 1 aromatic heterocycles. The molecule has 9 nitrogen and oxygen atoms in total. The number of nitro groups is 1. The van der Waals surface area contributed by atoms with Gasteiger partial charge in [0.15, 0.2) is 0 Å². The van der Waals surface area contributed by atoms with Crippen LogP contribution in [0.1, 0.15) is 27.8 Å². The van der Waals surface area contributed by atoms with Crippen molar-refractivity contribution in [1.82, 2.24) is 9.55 Å². The van der Waals surface area contributed by atoms with Crippen molar-refractivity contribution in [2.45, 2.75) is 27.7 Å². The fraction of sp³-hybridized carbons (Fsp3) is 0.190. The molecule has 0 unspecified atom stereocenters. The average Bonchev–Trinajstić information content (AvgIpc) is 2.66. The van der Waals surface area contributed by atoms with Gasteiger partial charge in [-0.3, -0.25) is 24.9 Å². The standard InChI is InChI=1S/C21H20N4O5/c1-11-5-7-17(12(2)9-11)24-20(27)15(19(26)23-21(24)28)10-22-16-6-8-18(25(29)30)14(4)13(16)3/h5-10,27H,1-4H3,(H,23,26,28). The molecule has 2 aromatic carbocycles. The summed E-state index contributed by atoms with van der Waals surface area (Å²) >= 11 is 0. The van der Waals surface area contributed by atoms with Crippen LogP contribution in [0.25, 0.3) is 5.69 Å². The Morgan fingerprint density at radius 1 is 1.10 bits per heavy atom. The summed E-state index contributed by atoms with van der Waals surface area (Å²) in [5.74, 6) is -0.546. The van der Waals surface area contributed by atoms with Crippen LogP contribution >= 0.6 is 0 Å². The van der Waals surface area contributed by atoms with Gasteiger partial charge < -0.3 is 5.11 Å². The molecule has 0 fully saturated rings. The minimum atomic E-state index is -0.793. The molecule has 30 heavy (non-hydrogen) atoms. The second-order valence-corrected chi connectivity index (χ2v) is 6.99. The first-order valence-corrected chi connectivity index (χ1v) is 9.06. The van der Waals surface area contributed by atoms with Crippen LogP contribution in [-0.4, -0.2) is 25.8 Å². The van der Waals surface area contributed by atoms with Gasteiger partial charge in [0.25, 0.3) is 11.2 Å². The summed E-state index contributed by atoms with van der Waals surface area (Å²) in [4.78, 5) is 41.6. The van der Waals surface area contributed by atoms with Crippen LogP contribution in [0.4, 0.5) is 11.4 Å². The molecule has 9 heteroatoms. The molecule has 2 N–H and O–H groups in total. The summed E-state index contributed by atoms with van der Waals surface area (Å²) in [7, 11) is 0. The number of benzene rings is 2. The second-order valence-electron chi connectivity index (χ2n) is 6.99. The molecular formula is C21H20N4O5. The topological polar surface area (TPSA) is 131 Å². The van der Waals surface area contributed by atoms with E-state index in [1.807, 2.05) is 13.0 Å². The van der Waals surface area contributed by atoms with Crippen LogP contribution in [0.2, 0.25) is 0 Å². The molecule has 3 rings (SSSR count). The molecule has 0 aliphatic heterocycles. The number of aryl methyl sites for hydroxylation is 2. The summed E-state index contributed by atoms with van der Waals surface area (Å²) in [5, 5.41) is 21.7. The first-order valence-electron chi connectivity index (χ1n) is 9.06. The molecule has 154 valence electrons. The molecule has 0 amide bonds. The Bertz CT molecular complexity index is 1320.